The summed E-state index contributed by atoms with van der Waals surface area (Å²) in [6.07, 6.45) is 0.940. The molecule has 0 radical (unpaired) electrons. The van der Waals surface area contributed by atoms with Gasteiger partial charge >= 0.3 is 5.97 Å². The first-order valence-corrected chi connectivity index (χ1v) is 7.54. The van der Waals surface area contributed by atoms with E-state index in [0.29, 0.717) is 0 Å². The number of hydrogen-bond acceptors (Lipinski definition) is 3. The Labute approximate surface area is 132 Å². The van der Waals surface area contributed by atoms with Crippen LogP contribution in [0.15, 0.2) is 28.7 Å². The highest BCUT2D eigenvalue weighted by Gasteiger charge is 2.06. The molecule has 5 nitrogen and oxygen atoms in total. The first-order valence-electron chi connectivity index (χ1n) is 6.75. The number of aryl methyl sites for hydroxylation is 3. The topological polar surface area (TPSA) is 67.2 Å². The van der Waals surface area contributed by atoms with Gasteiger partial charge in [0.25, 0.3) is 0 Å². The van der Waals surface area contributed by atoms with Gasteiger partial charge in [0.15, 0.2) is 0 Å². The van der Waals surface area contributed by atoms with Gasteiger partial charge in [0.2, 0.25) is 0 Å². The van der Waals surface area contributed by atoms with Gasteiger partial charge in [0.05, 0.1) is 11.3 Å². The Morgan fingerprint density at radius 2 is 2.14 bits per heavy atom. The Morgan fingerprint density at radius 1 is 1.38 bits per heavy atom. The summed E-state index contributed by atoms with van der Waals surface area (Å²) in [5.74, 6) is -0.924. The molecule has 0 bridgehead atoms. The number of carboxylic acids is 1. The van der Waals surface area contributed by atoms with Gasteiger partial charge in [-0.2, -0.15) is 5.10 Å². The predicted molar refractivity (Wildman–Crippen MR) is 85.9 cm³/mol. The lowest BCUT2D eigenvalue weighted by atomic mass is 10.2. The van der Waals surface area contributed by atoms with Crippen molar-refractivity contribution in [3.63, 3.8) is 0 Å². The summed E-state index contributed by atoms with van der Waals surface area (Å²) in [6.45, 7) is 5.69. The third kappa shape index (κ3) is 4.07. The highest BCUT2D eigenvalue weighted by molar-refractivity contribution is 9.10. The first kappa shape index (κ1) is 15.6. The molecular formula is C15H18BrN3O2. The third-order valence-electron chi connectivity index (χ3n) is 3.18. The Morgan fingerprint density at radius 3 is 2.71 bits per heavy atom. The predicted octanol–water partition coefficient (Wildman–Crippen LogP) is 3.46. The molecule has 0 spiro atoms. The van der Waals surface area contributed by atoms with Crippen molar-refractivity contribution < 1.29 is 9.90 Å². The number of anilines is 1. The van der Waals surface area contributed by atoms with E-state index in [4.69, 9.17) is 5.11 Å². The number of rotatable bonds is 6. The van der Waals surface area contributed by atoms with Crippen LogP contribution in [-0.4, -0.2) is 27.4 Å². The Hall–Kier alpha value is -1.82. The SMILES string of the molecule is Cc1cc(C)n(CCCNc2ccc(C(=O)O)cc2Br)n1. The second-order valence-corrected chi connectivity index (χ2v) is 5.78. The van der Waals surface area contributed by atoms with Gasteiger partial charge in [0, 0.05) is 28.9 Å². The molecule has 0 unspecified atom stereocenters. The Bertz CT molecular complexity index is 652. The van der Waals surface area contributed by atoms with Crippen LogP contribution in [0.5, 0.6) is 0 Å². The van der Waals surface area contributed by atoms with Crippen LogP contribution in [0.2, 0.25) is 0 Å². The summed E-state index contributed by atoms with van der Waals surface area (Å²) in [7, 11) is 0. The van der Waals surface area contributed by atoms with E-state index in [9.17, 15) is 4.79 Å². The standard InChI is InChI=1S/C15H18BrN3O2/c1-10-8-11(2)19(18-10)7-3-6-17-14-5-4-12(15(20)21)9-13(14)16/h4-5,8-9,17H,3,6-7H2,1-2H3,(H,20,21). The third-order valence-corrected chi connectivity index (χ3v) is 3.84. The number of benzene rings is 1. The van der Waals surface area contributed by atoms with Crippen LogP contribution in [0.25, 0.3) is 0 Å². The van der Waals surface area contributed by atoms with E-state index >= 15 is 0 Å². The number of nitrogens with one attached hydrogen (secondary N) is 1. The summed E-state index contributed by atoms with van der Waals surface area (Å²) in [5, 5.41) is 16.6. The summed E-state index contributed by atoms with van der Waals surface area (Å²) in [5.41, 5.74) is 3.37. The molecule has 0 fully saturated rings. The molecule has 1 aromatic heterocycles. The fourth-order valence-corrected chi connectivity index (χ4v) is 2.66. The maximum absolute atomic E-state index is 10.9. The number of nitrogens with zero attached hydrogens (tertiary/aromatic N) is 2. The largest absolute Gasteiger partial charge is 0.478 e. The van der Waals surface area contributed by atoms with Crippen LogP contribution in [0.1, 0.15) is 28.2 Å². The minimum absolute atomic E-state index is 0.273. The maximum Gasteiger partial charge on any atom is 0.335 e. The van der Waals surface area contributed by atoms with Gasteiger partial charge in [-0.05, 0) is 60.5 Å². The van der Waals surface area contributed by atoms with Crippen LogP contribution in [0, 0.1) is 13.8 Å². The van der Waals surface area contributed by atoms with E-state index in [-0.39, 0.29) is 5.56 Å². The molecule has 0 atom stereocenters. The van der Waals surface area contributed by atoms with Gasteiger partial charge in [-0.25, -0.2) is 4.79 Å². The molecule has 1 aromatic carbocycles. The van der Waals surface area contributed by atoms with Crippen molar-refractivity contribution in [2.75, 3.05) is 11.9 Å². The van der Waals surface area contributed by atoms with Crippen molar-refractivity contribution in [3.8, 4) is 0 Å². The van der Waals surface area contributed by atoms with Crippen LogP contribution in [-0.2, 0) is 6.54 Å². The van der Waals surface area contributed by atoms with Gasteiger partial charge in [-0.3, -0.25) is 4.68 Å². The zero-order valence-electron chi connectivity index (χ0n) is 12.1. The quantitative estimate of drug-likeness (QED) is 0.782. The number of hydrogen-bond donors (Lipinski definition) is 2. The highest BCUT2D eigenvalue weighted by atomic mass is 79.9. The fraction of sp³-hybridized carbons (Fsp3) is 0.333. The molecule has 2 N–H and O–H groups in total. The van der Waals surface area contributed by atoms with Crippen molar-refractivity contribution in [1.29, 1.82) is 0 Å². The van der Waals surface area contributed by atoms with Crippen LogP contribution < -0.4 is 5.32 Å². The van der Waals surface area contributed by atoms with Crippen LogP contribution >= 0.6 is 15.9 Å². The van der Waals surface area contributed by atoms with Gasteiger partial charge in [0.1, 0.15) is 0 Å². The van der Waals surface area contributed by atoms with Crippen LogP contribution in [0.3, 0.4) is 0 Å². The van der Waals surface area contributed by atoms with Crippen molar-refractivity contribution >= 4 is 27.6 Å². The van der Waals surface area contributed by atoms with Crippen molar-refractivity contribution in [2.45, 2.75) is 26.8 Å². The number of halogens is 1. The number of carboxylic acid groups (broad SMARTS) is 1. The summed E-state index contributed by atoms with van der Waals surface area (Å²) in [6, 6.07) is 7.04. The van der Waals surface area contributed by atoms with Crippen molar-refractivity contribution in [1.82, 2.24) is 9.78 Å². The number of aromatic nitrogens is 2. The summed E-state index contributed by atoms with van der Waals surface area (Å²) >= 11 is 3.38. The van der Waals surface area contributed by atoms with E-state index in [1.165, 1.54) is 5.69 Å². The lowest BCUT2D eigenvalue weighted by molar-refractivity contribution is 0.0697. The van der Waals surface area contributed by atoms with Gasteiger partial charge < -0.3 is 10.4 Å². The second-order valence-electron chi connectivity index (χ2n) is 4.93. The average molecular weight is 352 g/mol. The number of aromatic carboxylic acids is 1. The summed E-state index contributed by atoms with van der Waals surface area (Å²) in [4.78, 5) is 10.9. The molecule has 112 valence electrons. The molecule has 0 amide bonds. The van der Waals surface area contributed by atoms with E-state index in [2.05, 4.69) is 39.3 Å². The normalized spacial score (nSPS) is 10.6. The highest BCUT2D eigenvalue weighted by Crippen LogP contribution is 2.23. The molecule has 0 aliphatic heterocycles. The minimum Gasteiger partial charge on any atom is -0.478 e. The van der Waals surface area contributed by atoms with Crippen LogP contribution in [0.4, 0.5) is 5.69 Å². The van der Waals surface area contributed by atoms with Crippen molar-refractivity contribution in [2.24, 2.45) is 0 Å². The molecule has 2 rings (SSSR count). The average Bonchev–Trinajstić information content (AvgIpc) is 2.74. The molecule has 6 heteroatoms. The molecule has 1 heterocycles. The molecular weight excluding hydrogens is 334 g/mol. The van der Waals surface area contributed by atoms with E-state index < -0.39 is 5.97 Å². The second kappa shape index (κ2) is 6.76. The molecule has 2 aromatic rings. The Kier molecular flexibility index (Phi) is 5.01. The smallest absolute Gasteiger partial charge is 0.335 e. The summed E-state index contributed by atoms with van der Waals surface area (Å²) < 4.78 is 2.76. The monoisotopic (exact) mass is 351 g/mol. The van der Waals surface area contributed by atoms with Gasteiger partial charge in [-0.15, -0.1) is 0 Å². The maximum atomic E-state index is 10.9. The van der Waals surface area contributed by atoms with Gasteiger partial charge in [-0.1, -0.05) is 0 Å². The fourth-order valence-electron chi connectivity index (χ4n) is 2.14. The van der Waals surface area contributed by atoms with E-state index in [0.717, 1.165) is 35.4 Å². The molecule has 0 aliphatic carbocycles. The van der Waals surface area contributed by atoms with E-state index in [1.807, 2.05) is 11.6 Å². The number of carbonyl (C=O) groups is 1. The molecule has 0 aliphatic rings. The first-order chi connectivity index (χ1) is 9.97. The zero-order chi connectivity index (χ0) is 15.4. The zero-order valence-corrected chi connectivity index (χ0v) is 13.6. The van der Waals surface area contributed by atoms with E-state index in [1.54, 1.807) is 18.2 Å². The lowest BCUT2D eigenvalue weighted by Crippen LogP contribution is -2.09. The molecule has 0 saturated heterocycles. The Balaban J connectivity index is 1.86. The van der Waals surface area contributed by atoms with Crippen molar-refractivity contribution in [3.05, 3.63) is 45.7 Å². The molecule has 21 heavy (non-hydrogen) atoms. The molecule has 0 saturated carbocycles. The lowest BCUT2D eigenvalue weighted by Gasteiger charge is -2.10. The minimum atomic E-state index is -0.924.